The molecule has 110 valence electrons. The highest BCUT2D eigenvalue weighted by molar-refractivity contribution is 6.06. The van der Waals surface area contributed by atoms with E-state index in [1.165, 1.54) is 0 Å². The fourth-order valence-electron chi connectivity index (χ4n) is 2.88. The molecule has 5 nitrogen and oxygen atoms in total. The van der Waals surface area contributed by atoms with Crippen LogP contribution in [0.15, 0.2) is 30.3 Å². The summed E-state index contributed by atoms with van der Waals surface area (Å²) in [4.78, 5) is 19.3. The normalized spacial score (nSPS) is 19.0. The molecule has 1 aromatic carbocycles. The number of benzene rings is 1. The fourth-order valence-corrected chi connectivity index (χ4v) is 2.88. The highest BCUT2D eigenvalue weighted by Gasteiger charge is 2.27. The highest BCUT2D eigenvalue weighted by Crippen LogP contribution is 2.21. The van der Waals surface area contributed by atoms with Gasteiger partial charge in [-0.2, -0.15) is 0 Å². The molecule has 5 heteroatoms. The molecular weight excluding hydrogens is 264 g/mol. The Labute approximate surface area is 124 Å². The molecule has 0 radical (unpaired) electrons. The van der Waals surface area contributed by atoms with E-state index < -0.39 is 0 Å². The Balaban J connectivity index is 2.04. The summed E-state index contributed by atoms with van der Waals surface area (Å²) in [6, 6.07) is 9.70. The molecule has 1 aliphatic heterocycles. The molecule has 1 unspecified atom stereocenters. The number of nitrogens with two attached hydrogens (primary N) is 1. The summed E-state index contributed by atoms with van der Waals surface area (Å²) in [7, 11) is 0. The Morgan fingerprint density at radius 3 is 3.10 bits per heavy atom. The van der Waals surface area contributed by atoms with Crippen LogP contribution in [0.4, 0.5) is 0 Å². The van der Waals surface area contributed by atoms with Gasteiger partial charge in [0.2, 0.25) is 0 Å². The average Bonchev–Trinajstić information content (AvgIpc) is 2.53. The zero-order chi connectivity index (χ0) is 14.8. The van der Waals surface area contributed by atoms with Crippen molar-refractivity contribution in [1.29, 1.82) is 0 Å². The Morgan fingerprint density at radius 2 is 2.29 bits per heavy atom. The monoisotopic (exact) mass is 284 g/mol. The van der Waals surface area contributed by atoms with Gasteiger partial charge in [-0.25, -0.2) is 0 Å². The van der Waals surface area contributed by atoms with E-state index in [-0.39, 0.29) is 11.9 Å². The second-order valence-electron chi connectivity index (χ2n) is 5.42. The van der Waals surface area contributed by atoms with Crippen LogP contribution in [-0.4, -0.2) is 48.0 Å². The molecule has 1 fully saturated rings. The molecule has 21 heavy (non-hydrogen) atoms. The van der Waals surface area contributed by atoms with Crippen molar-refractivity contribution in [3.05, 3.63) is 41.6 Å². The second kappa shape index (κ2) is 5.79. The van der Waals surface area contributed by atoms with Crippen LogP contribution in [0.5, 0.6) is 0 Å². The molecule has 1 aliphatic rings. The number of carbonyl (C=O) groups is 1. The van der Waals surface area contributed by atoms with E-state index >= 15 is 0 Å². The van der Waals surface area contributed by atoms with Crippen molar-refractivity contribution in [1.82, 2.24) is 15.2 Å². The largest absolute Gasteiger partial charge is 0.332 e. The number of piperazine rings is 1. The van der Waals surface area contributed by atoms with Crippen molar-refractivity contribution in [2.24, 2.45) is 5.73 Å². The second-order valence-corrected chi connectivity index (χ2v) is 5.42. The van der Waals surface area contributed by atoms with Gasteiger partial charge in [0.15, 0.2) is 0 Å². The van der Waals surface area contributed by atoms with Crippen LogP contribution in [0.1, 0.15) is 16.1 Å². The molecule has 1 atom stereocenters. The molecule has 1 saturated heterocycles. The standard InChI is InChI=1S/C16H20N4O/c1-11-8-14(13-4-2-3-5-15(13)19-11)16(21)20-7-6-18-10-12(20)9-17/h2-5,8,12,18H,6-7,9-10,17H2,1H3. The van der Waals surface area contributed by atoms with Gasteiger partial charge >= 0.3 is 0 Å². The van der Waals surface area contributed by atoms with Gasteiger partial charge in [0.1, 0.15) is 0 Å². The average molecular weight is 284 g/mol. The quantitative estimate of drug-likeness (QED) is 0.860. The van der Waals surface area contributed by atoms with Gasteiger partial charge in [0.25, 0.3) is 5.91 Å². The number of fused-ring (bicyclic) bond motifs is 1. The first-order valence-electron chi connectivity index (χ1n) is 7.29. The van der Waals surface area contributed by atoms with Gasteiger partial charge in [-0.1, -0.05) is 18.2 Å². The van der Waals surface area contributed by atoms with E-state index in [1.54, 1.807) is 0 Å². The number of pyridine rings is 1. The fraction of sp³-hybridized carbons (Fsp3) is 0.375. The van der Waals surface area contributed by atoms with Crippen LogP contribution >= 0.6 is 0 Å². The molecule has 0 aliphatic carbocycles. The summed E-state index contributed by atoms with van der Waals surface area (Å²) in [5.41, 5.74) is 8.25. The van der Waals surface area contributed by atoms with Gasteiger partial charge < -0.3 is 16.0 Å². The first kappa shape index (κ1) is 14.0. The van der Waals surface area contributed by atoms with E-state index in [9.17, 15) is 4.79 Å². The zero-order valence-corrected chi connectivity index (χ0v) is 12.2. The van der Waals surface area contributed by atoms with Crippen molar-refractivity contribution in [3.8, 4) is 0 Å². The maximum Gasteiger partial charge on any atom is 0.254 e. The molecule has 0 bridgehead atoms. The number of nitrogens with one attached hydrogen (secondary N) is 1. The topological polar surface area (TPSA) is 71.2 Å². The third kappa shape index (κ3) is 2.62. The molecule has 2 aromatic rings. The van der Waals surface area contributed by atoms with Crippen LogP contribution < -0.4 is 11.1 Å². The van der Waals surface area contributed by atoms with Crippen LogP contribution in [0.2, 0.25) is 0 Å². The lowest BCUT2D eigenvalue weighted by Gasteiger charge is -2.35. The summed E-state index contributed by atoms with van der Waals surface area (Å²) in [6.07, 6.45) is 0. The van der Waals surface area contributed by atoms with E-state index in [0.717, 1.165) is 35.2 Å². The number of rotatable bonds is 2. The van der Waals surface area contributed by atoms with Gasteiger partial charge in [-0.15, -0.1) is 0 Å². The molecule has 1 aromatic heterocycles. The van der Waals surface area contributed by atoms with Crippen molar-refractivity contribution < 1.29 is 4.79 Å². The minimum Gasteiger partial charge on any atom is -0.332 e. The van der Waals surface area contributed by atoms with Crippen molar-refractivity contribution in [3.63, 3.8) is 0 Å². The molecule has 0 spiro atoms. The summed E-state index contributed by atoms with van der Waals surface area (Å²) >= 11 is 0. The Hall–Kier alpha value is -1.98. The number of para-hydroxylation sites is 1. The van der Waals surface area contributed by atoms with Gasteiger partial charge in [0.05, 0.1) is 17.1 Å². The number of aryl methyl sites for hydroxylation is 1. The maximum atomic E-state index is 13.0. The van der Waals surface area contributed by atoms with E-state index in [2.05, 4.69) is 10.3 Å². The Bertz CT molecular complexity index is 670. The highest BCUT2D eigenvalue weighted by atomic mass is 16.2. The lowest BCUT2D eigenvalue weighted by atomic mass is 10.0. The van der Waals surface area contributed by atoms with Crippen molar-refractivity contribution >= 4 is 16.8 Å². The molecule has 1 amide bonds. The lowest BCUT2D eigenvalue weighted by Crippen LogP contribution is -2.56. The SMILES string of the molecule is Cc1cc(C(=O)N2CCNCC2CN)c2ccccc2n1. The van der Waals surface area contributed by atoms with E-state index in [0.29, 0.717) is 13.1 Å². The first-order valence-corrected chi connectivity index (χ1v) is 7.29. The molecule has 3 N–H and O–H groups in total. The number of nitrogens with zero attached hydrogens (tertiary/aromatic N) is 2. The summed E-state index contributed by atoms with van der Waals surface area (Å²) in [5.74, 6) is 0.0497. The number of hydrogen-bond acceptors (Lipinski definition) is 4. The maximum absolute atomic E-state index is 13.0. The van der Waals surface area contributed by atoms with Crippen LogP contribution in [0.3, 0.4) is 0 Å². The number of hydrogen-bond donors (Lipinski definition) is 2. The summed E-state index contributed by atoms with van der Waals surface area (Å²) in [6.45, 7) is 4.65. The van der Waals surface area contributed by atoms with Gasteiger partial charge in [-0.05, 0) is 19.1 Å². The Morgan fingerprint density at radius 1 is 1.48 bits per heavy atom. The third-order valence-electron chi connectivity index (χ3n) is 3.96. The van der Waals surface area contributed by atoms with E-state index in [1.807, 2.05) is 42.2 Å². The molecule has 3 rings (SSSR count). The number of aromatic nitrogens is 1. The lowest BCUT2D eigenvalue weighted by molar-refractivity contribution is 0.0646. The van der Waals surface area contributed by atoms with Crippen molar-refractivity contribution in [2.45, 2.75) is 13.0 Å². The van der Waals surface area contributed by atoms with Crippen LogP contribution in [-0.2, 0) is 0 Å². The third-order valence-corrected chi connectivity index (χ3v) is 3.96. The molecule has 2 heterocycles. The predicted molar refractivity (Wildman–Crippen MR) is 83.2 cm³/mol. The molecule has 0 saturated carbocycles. The minimum atomic E-state index is 0.0497. The first-order chi connectivity index (χ1) is 10.2. The van der Waals surface area contributed by atoms with Gasteiger partial charge in [0, 0.05) is 37.3 Å². The van der Waals surface area contributed by atoms with Crippen LogP contribution in [0, 0.1) is 6.92 Å². The van der Waals surface area contributed by atoms with E-state index in [4.69, 9.17) is 5.73 Å². The summed E-state index contributed by atoms with van der Waals surface area (Å²) in [5, 5.41) is 4.19. The Kier molecular flexibility index (Phi) is 3.86. The van der Waals surface area contributed by atoms with Crippen molar-refractivity contribution in [2.75, 3.05) is 26.2 Å². The smallest absolute Gasteiger partial charge is 0.254 e. The molecular formula is C16H20N4O. The summed E-state index contributed by atoms with van der Waals surface area (Å²) < 4.78 is 0. The zero-order valence-electron chi connectivity index (χ0n) is 12.2. The van der Waals surface area contributed by atoms with Gasteiger partial charge in [-0.3, -0.25) is 9.78 Å². The van der Waals surface area contributed by atoms with Crippen LogP contribution in [0.25, 0.3) is 10.9 Å². The predicted octanol–water partition coefficient (Wildman–Crippen LogP) is 0.916. The number of amides is 1. The number of carbonyl (C=O) groups excluding carboxylic acids is 1. The minimum absolute atomic E-state index is 0.0497.